The van der Waals surface area contributed by atoms with Crippen LogP contribution in [-0.4, -0.2) is 28.0 Å². The van der Waals surface area contributed by atoms with Gasteiger partial charge in [0, 0.05) is 6.42 Å². The molecule has 0 saturated carbocycles. The van der Waals surface area contributed by atoms with Crippen LogP contribution < -0.4 is 10.3 Å². The Morgan fingerprint density at radius 1 is 1.32 bits per heavy atom. The van der Waals surface area contributed by atoms with Crippen molar-refractivity contribution in [2.75, 3.05) is 6.61 Å². The van der Waals surface area contributed by atoms with Crippen LogP contribution in [-0.2, 0) is 0 Å². The lowest BCUT2D eigenvalue weighted by Gasteiger charge is -2.10. The lowest BCUT2D eigenvalue weighted by molar-refractivity contribution is 0.129. The van der Waals surface area contributed by atoms with Crippen LogP contribution in [0.4, 0.5) is 0 Å². The zero-order chi connectivity index (χ0) is 13.7. The van der Waals surface area contributed by atoms with E-state index in [1.165, 1.54) is 0 Å². The second kappa shape index (κ2) is 6.33. The predicted molar refractivity (Wildman–Crippen MR) is 73.4 cm³/mol. The normalized spacial score (nSPS) is 12.5. The third kappa shape index (κ3) is 3.32. The van der Waals surface area contributed by atoms with Gasteiger partial charge in [-0.1, -0.05) is 25.5 Å². The van der Waals surface area contributed by atoms with E-state index < -0.39 is 0 Å². The number of nitrogens with zero attached hydrogens (tertiary/aromatic N) is 1. The minimum Gasteiger partial charge on any atom is -0.476 e. The highest BCUT2D eigenvalue weighted by Crippen LogP contribution is 2.19. The average Bonchev–Trinajstić information content (AvgIpc) is 2.42. The van der Waals surface area contributed by atoms with Crippen LogP contribution in [0, 0.1) is 0 Å². The van der Waals surface area contributed by atoms with Gasteiger partial charge in [0.25, 0.3) is 5.56 Å². The molecule has 19 heavy (non-hydrogen) atoms. The summed E-state index contributed by atoms with van der Waals surface area (Å²) in [6.07, 6.45) is 1.92. The number of hydrogen-bond acceptors (Lipinski definition) is 4. The number of nitrogens with one attached hydrogen (secondary N) is 1. The van der Waals surface area contributed by atoms with Crippen molar-refractivity contribution >= 4 is 10.8 Å². The molecule has 5 nitrogen and oxygen atoms in total. The summed E-state index contributed by atoms with van der Waals surface area (Å²) in [6.45, 7) is 2.41. The van der Waals surface area contributed by atoms with Gasteiger partial charge in [0.05, 0.1) is 23.5 Å². The first-order valence-corrected chi connectivity index (χ1v) is 6.50. The molecule has 0 fully saturated rings. The first-order chi connectivity index (χ1) is 9.22. The molecule has 0 radical (unpaired) electrons. The molecule has 0 saturated heterocycles. The fourth-order valence-corrected chi connectivity index (χ4v) is 1.97. The van der Waals surface area contributed by atoms with Crippen molar-refractivity contribution in [1.82, 2.24) is 10.2 Å². The molecule has 2 aromatic rings. The third-order valence-electron chi connectivity index (χ3n) is 2.97. The molecule has 1 atom stereocenters. The molecule has 102 valence electrons. The average molecular weight is 262 g/mol. The van der Waals surface area contributed by atoms with Gasteiger partial charge in [-0.25, -0.2) is 5.10 Å². The smallest absolute Gasteiger partial charge is 0.272 e. The van der Waals surface area contributed by atoms with E-state index in [0.717, 1.165) is 12.8 Å². The number of H-pyrrole nitrogens is 1. The first kappa shape index (κ1) is 13.5. The van der Waals surface area contributed by atoms with Crippen LogP contribution in [0.2, 0.25) is 0 Å². The molecule has 0 aliphatic carbocycles. The highest BCUT2D eigenvalue weighted by Gasteiger charge is 2.08. The maximum Gasteiger partial charge on any atom is 0.272 e. The second-order valence-electron chi connectivity index (χ2n) is 4.48. The number of fused-ring (bicyclic) bond motifs is 1. The Labute approximate surface area is 111 Å². The number of ether oxygens (including phenoxy) is 1. The summed E-state index contributed by atoms with van der Waals surface area (Å²) in [7, 11) is 0. The van der Waals surface area contributed by atoms with Crippen molar-refractivity contribution in [3.05, 3.63) is 34.6 Å². The molecule has 0 aliphatic rings. The molecule has 2 rings (SSSR count). The van der Waals surface area contributed by atoms with E-state index in [-0.39, 0.29) is 11.7 Å². The van der Waals surface area contributed by atoms with E-state index >= 15 is 0 Å². The van der Waals surface area contributed by atoms with Crippen LogP contribution in [0.1, 0.15) is 26.2 Å². The van der Waals surface area contributed by atoms with Gasteiger partial charge in [-0.2, -0.15) is 0 Å². The maximum atomic E-state index is 11.6. The lowest BCUT2D eigenvalue weighted by atomic mass is 10.1. The van der Waals surface area contributed by atoms with Crippen molar-refractivity contribution in [2.45, 2.75) is 32.3 Å². The number of aliphatic hydroxyl groups excluding tert-OH is 1. The van der Waals surface area contributed by atoms with Crippen molar-refractivity contribution in [3.63, 3.8) is 0 Å². The van der Waals surface area contributed by atoms with Gasteiger partial charge in [-0.05, 0) is 18.6 Å². The number of rotatable bonds is 6. The monoisotopic (exact) mass is 262 g/mol. The van der Waals surface area contributed by atoms with Gasteiger partial charge in [-0.15, -0.1) is 5.10 Å². The van der Waals surface area contributed by atoms with E-state index in [4.69, 9.17) is 4.74 Å². The fraction of sp³-hybridized carbons (Fsp3) is 0.429. The van der Waals surface area contributed by atoms with Gasteiger partial charge < -0.3 is 9.84 Å². The highest BCUT2D eigenvalue weighted by molar-refractivity contribution is 5.85. The molecule has 2 N–H and O–H groups in total. The summed E-state index contributed by atoms with van der Waals surface area (Å²) in [5, 5.41) is 17.2. The molecule has 5 heteroatoms. The standard InChI is InChI=1S/C14H18N2O3/c1-2-5-10(17)8-9-19-14-12-7-4-3-6-11(12)13(18)15-16-14/h3-4,6-7,10,17H,2,5,8-9H2,1H3,(H,15,18). The van der Waals surface area contributed by atoms with E-state index in [1.807, 2.05) is 13.0 Å². The summed E-state index contributed by atoms with van der Waals surface area (Å²) >= 11 is 0. The minimum absolute atomic E-state index is 0.228. The van der Waals surface area contributed by atoms with Crippen molar-refractivity contribution < 1.29 is 9.84 Å². The van der Waals surface area contributed by atoms with E-state index in [1.54, 1.807) is 18.2 Å². The number of aromatic nitrogens is 2. The Kier molecular flexibility index (Phi) is 4.52. The molecule has 0 spiro atoms. The molecular formula is C14H18N2O3. The molecule has 0 amide bonds. The predicted octanol–water partition coefficient (Wildman–Crippen LogP) is 1.85. The Bertz CT molecular complexity index is 595. The van der Waals surface area contributed by atoms with E-state index in [2.05, 4.69) is 10.2 Å². The largest absolute Gasteiger partial charge is 0.476 e. The fourth-order valence-electron chi connectivity index (χ4n) is 1.97. The minimum atomic E-state index is -0.348. The summed E-state index contributed by atoms with van der Waals surface area (Å²) < 4.78 is 5.55. The number of aromatic amines is 1. The van der Waals surface area contributed by atoms with Gasteiger partial charge in [0.15, 0.2) is 0 Å². The SMILES string of the molecule is CCCC(O)CCOc1n[nH]c(=O)c2ccccc12. The van der Waals surface area contributed by atoms with Crippen LogP contribution in [0.3, 0.4) is 0 Å². The zero-order valence-electron chi connectivity index (χ0n) is 10.9. The first-order valence-electron chi connectivity index (χ1n) is 6.50. The van der Waals surface area contributed by atoms with Gasteiger partial charge in [0.2, 0.25) is 5.88 Å². The van der Waals surface area contributed by atoms with E-state index in [9.17, 15) is 9.90 Å². The maximum absolute atomic E-state index is 11.6. The topological polar surface area (TPSA) is 75.2 Å². The van der Waals surface area contributed by atoms with Crippen LogP contribution in [0.15, 0.2) is 29.1 Å². The Morgan fingerprint density at radius 2 is 2.05 bits per heavy atom. The van der Waals surface area contributed by atoms with Gasteiger partial charge in [0.1, 0.15) is 0 Å². The lowest BCUT2D eigenvalue weighted by Crippen LogP contribution is -2.14. The Morgan fingerprint density at radius 3 is 2.79 bits per heavy atom. The Balaban J connectivity index is 2.09. The molecule has 0 aliphatic heterocycles. The van der Waals surface area contributed by atoms with Gasteiger partial charge in [-0.3, -0.25) is 4.79 Å². The van der Waals surface area contributed by atoms with Crippen molar-refractivity contribution in [3.8, 4) is 5.88 Å². The quantitative estimate of drug-likeness (QED) is 0.833. The van der Waals surface area contributed by atoms with E-state index in [0.29, 0.717) is 29.7 Å². The number of hydrogen-bond donors (Lipinski definition) is 2. The molecule has 1 aromatic carbocycles. The van der Waals surface area contributed by atoms with Crippen LogP contribution in [0.25, 0.3) is 10.8 Å². The van der Waals surface area contributed by atoms with Crippen LogP contribution in [0.5, 0.6) is 5.88 Å². The zero-order valence-corrected chi connectivity index (χ0v) is 10.9. The molecule has 1 unspecified atom stereocenters. The van der Waals surface area contributed by atoms with Gasteiger partial charge >= 0.3 is 0 Å². The third-order valence-corrected chi connectivity index (χ3v) is 2.97. The summed E-state index contributed by atoms with van der Waals surface area (Å²) in [5.74, 6) is 0.402. The highest BCUT2D eigenvalue weighted by atomic mass is 16.5. The van der Waals surface area contributed by atoms with Crippen molar-refractivity contribution in [1.29, 1.82) is 0 Å². The summed E-state index contributed by atoms with van der Waals surface area (Å²) in [5.41, 5.74) is -0.228. The molecule has 0 bridgehead atoms. The number of aliphatic hydroxyl groups is 1. The van der Waals surface area contributed by atoms with Crippen molar-refractivity contribution in [2.24, 2.45) is 0 Å². The Hall–Kier alpha value is -1.88. The summed E-state index contributed by atoms with van der Waals surface area (Å²) in [4.78, 5) is 11.6. The molecular weight excluding hydrogens is 244 g/mol. The summed E-state index contributed by atoms with van der Waals surface area (Å²) in [6, 6.07) is 7.17. The molecule has 1 heterocycles. The molecule has 1 aromatic heterocycles. The van der Waals surface area contributed by atoms with Crippen LogP contribution >= 0.6 is 0 Å². The number of benzene rings is 1. The second-order valence-corrected chi connectivity index (χ2v) is 4.48.